The second kappa shape index (κ2) is 6.30. The molecular formula is C22H18FNO2. The van der Waals surface area contributed by atoms with Crippen LogP contribution in [0, 0.1) is 5.82 Å². The van der Waals surface area contributed by atoms with Crippen LogP contribution in [0.3, 0.4) is 0 Å². The second-order valence-electron chi connectivity index (χ2n) is 6.17. The number of ether oxygens (including phenoxy) is 1. The molecule has 0 spiro atoms. The molecule has 0 bridgehead atoms. The van der Waals surface area contributed by atoms with Gasteiger partial charge in [-0.1, -0.05) is 43.3 Å². The van der Waals surface area contributed by atoms with Gasteiger partial charge in [0.25, 0.3) is 0 Å². The minimum atomic E-state index is -0.381. The van der Waals surface area contributed by atoms with Gasteiger partial charge >= 0.3 is 5.97 Å². The molecular weight excluding hydrogens is 329 g/mol. The third-order valence-electron chi connectivity index (χ3n) is 4.78. The van der Waals surface area contributed by atoms with Crippen LogP contribution in [0.25, 0.3) is 27.4 Å². The van der Waals surface area contributed by atoms with Crippen LogP contribution in [0.15, 0.2) is 60.8 Å². The summed E-state index contributed by atoms with van der Waals surface area (Å²) in [6, 6.07) is 16.3. The van der Waals surface area contributed by atoms with Crippen molar-refractivity contribution >= 4 is 22.3 Å². The van der Waals surface area contributed by atoms with Crippen molar-refractivity contribution in [2.75, 3.05) is 7.11 Å². The van der Waals surface area contributed by atoms with Gasteiger partial charge in [0, 0.05) is 22.8 Å². The molecule has 0 aliphatic rings. The average Bonchev–Trinajstić information content (AvgIpc) is 3.02. The molecule has 0 saturated carbocycles. The lowest BCUT2D eigenvalue weighted by Crippen LogP contribution is -2.05. The van der Waals surface area contributed by atoms with Crippen LogP contribution < -0.4 is 0 Å². The minimum Gasteiger partial charge on any atom is -0.465 e. The van der Waals surface area contributed by atoms with Crippen molar-refractivity contribution in [3.8, 4) is 11.1 Å². The summed E-state index contributed by atoms with van der Waals surface area (Å²) in [5.41, 5.74) is 3.94. The van der Waals surface area contributed by atoms with Gasteiger partial charge < -0.3 is 9.14 Å². The number of esters is 1. The predicted molar refractivity (Wildman–Crippen MR) is 101 cm³/mol. The maximum absolute atomic E-state index is 13.5. The van der Waals surface area contributed by atoms with Crippen molar-refractivity contribution in [1.82, 2.24) is 4.40 Å². The Bertz CT molecular complexity index is 1130. The van der Waals surface area contributed by atoms with Gasteiger partial charge in [-0.25, -0.2) is 9.18 Å². The molecule has 0 unspecified atom stereocenters. The Balaban J connectivity index is 2.23. The Morgan fingerprint density at radius 2 is 1.81 bits per heavy atom. The van der Waals surface area contributed by atoms with Gasteiger partial charge in [-0.3, -0.25) is 0 Å². The van der Waals surface area contributed by atoms with Crippen molar-refractivity contribution in [1.29, 1.82) is 0 Å². The van der Waals surface area contributed by atoms with E-state index in [2.05, 4.69) is 0 Å². The van der Waals surface area contributed by atoms with E-state index in [0.717, 1.165) is 33.1 Å². The van der Waals surface area contributed by atoms with Gasteiger partial charge in [-0.15, -0.1) is 0 Å². The largest absolute Gasteiger partial charge is 0.465 e. The average molecular weight is 347 g/mol. The molecule has 0 amide bonds. The molecule has 4 rings (SSSR count). The number of carbonyl (C=O) groups excluding carboxylic acids is 1. The third kappa shape index (κ3) is 2.37. The molecule has 26 heavy (non-hydrogen) atoms. The number of hydrogen-bond acceptors (Lipinski definition) is 2. The summed E-state index contributed by atoms with van der Waals surface area (Å²) in [7, 11) is 1.39. The topological polar surface area (TPSA) is 30.7 Å². The number of aromatic nitrogens is 1. The molecule has 0 aliphatic heterocycles. The number of methoxy groups -OCH3 is 1. The Kier molecular flexibility index (Phi) is 3.96. The lowest BCUT2D eigenvalue weighted by molar-refractivity contribution is 0.0600. The zero-order chi connectivity index (χ0) is 18.3. The van der Waals surface area contributed by atoms with E-state index in [0.29, 0.717) is 12.0 Å². The molecule has 2 heterocycles. The molecule has 130 valence electrons. The fourth-order valence-corrected chi connectivity index (χ4v) is 3.65. The maximum Gasteiger partial charge on any atom is 0.340 e. The highest BCUT2D eigenvalue weighted by Gasteiger charge is 2.25. The SMILES string of the molecule is CCc1c(C(=O)OC)c(-c2ccc(F)cc2)c2c3ccccc3ccn12. The number of fused-ring (bicyclic) bond motifs is 3. The first-order valence-corrected chi connectivity index (χ1v) is 8.54. The van der Waals surface area contributed by atoms with Crippen LogP contribution in [0.1, 0.15) is 23.0 Å². The Hall–Kier alpha value is -3.14. The number of aryl methyl sites for hydroxylation is 1. The number of rotatable bonds is 3. The second-order valence-corrected chi connectivity index (χ2v) is 6.17. The molecule has 0 radical (unpaired) electrons. The molecule has 0 fully saturated rings. The van der Waals surface area contributed by atoms with E-state index in [9.17, 15) is 9.18 Å². The highest BCUT2D eigenvalue weighted by atomic mass is 19.1. The molecule has 2 aromatic heterocycles. The maximum atomic E-state index is 13.5. The molecule has 3 nitrogen and oxygen atoms in total. The smallest absolute Gasteiger partial charge is 0.340 e. The number of hydrogen-bond donors (Lipinski definition) is 0. The fourth-order valence-electron chi connectivity index (χ4n) is 3.65. The van der Waals surface area contributed by atoms with Crippen molar-refractivity contribution in [3.05, 3.63) is 77.9 Å². The summed E-state index contributed by atoms with van der Waals surface area (Å²) in [6.07, 6.45) is 2.65. The van der Waals surface area contributed by atoms with Crippen molar-refractivity contribution in [2.24, 2.45) is 0 Å². The van der Waals surface area contributed by atoms with Crippen molar-refractivity contribution in [2.45, 2.75) is 13.3 Å². The van der Waals surface area contributed by atoms with Crippen LogP contribution in [-0.4, -0.2) is 17.5 Å². The summed E-state index contributed by atoms with van der Waals surface area (Å²) in [5, 5.41) is 2.12. The molecule has 4 aromatic rings. The van der Waals surface area contributed by atoms with E-state index < -0.39 is 0 Å². The molecule has 4 heteroatoms. The van der Waals surface area contributed by atoms with Crippen LogP contribution in [0.2, 0.25) is 0 Å². The quantitative estimate of drug-likeness (QED) is 0.474. The van der Waals surface area contributed by atoms with Gasteiger partial charge in [-0.2, -0.15) is 0 Å². The number of pyridine rings is 1. The molecule has 0 aliphatic carbocycles. The standard InChI is InChI=1S/C22H18FNO2/c1-3-18-20(22(25)26-2)19(15-8-10-16(23)11-9-15)21-17-7-5-4-6-14(17)12-13-24(18)21/h4-13H,3H2,1-2H3. The summed E-state index contributed by atoms with van der Waals surface area (Å²) >= 11 is 0. The zero-order valence-electron chi connectivity index (χ0n) is 14.6. The van der Waals surface area contributed by atoms with Gasteiger partial charge in [0.05, 0.1) is 18.2 Å². The Morgan fingerprint density at radius 3 is 2.50 bits per heavy atom. The van der Waals surface area contributed by atoms with Crippen molar-refractivity contribution in [3.63, 3.8) is 0 Å². The fraction of sp³-hybridized carbons (Fsp3) is 0.136. The minimum absolute atomic E-state index is 0.308. The molecule has 2 aromatic carbocycles. The van der Waals surface area contributed by atoms with E-state index >= 15 is 0 Å². The first-order valence-electron chi connectivity index (χ1n) is 8.54. The third-order valence-corrected chi connectivity index (χ3v) is 4.78. The van der Waals surface area contributed by atoms with Crippen molar-refractivity contribution < 1.29 is 13.9 Å². The molecule has 0 atom stereocenters. The number of carbonyl (C=O) groups is 1. The normalized spacial score (nSPS) is 11.2. The van der Waals surface area contributed by atoms with Gasteiger partial charge in [0.1, 0.15) is 5.82 Å². The monoisotopic (exact) mass is 347 g/mol. The Morgan fingerprint density at radius 1 is 1.08 bits per heavy atom. The Labute approximate surface area is 150 Å². The van der Waals surface area contributed by atoms with Gasteiger partial charge in [0.15, 0.2) is 0 Å². The number of halogens is 1. The summed E-state index contributed by atoms with van der Waals surface area (Å²) in [6.45, 7) is 2.01. The number of benzene rings is 2. The lowest BCUT2D eigenvalue weighted by atomic mass is 9.98. The highest BCUT2D eigenvalue weighted by molar-refractivity contribution is 6.11. The van der Waals surface area contributed by atoms with Crippen LogP contribution in [-0.2, 0) is 11.2 Å². The zero-order valence-corrected chi connectivity index (χ0v) is 14.6. The van der Waals surface area contributed by atoms with Crippen LogP contribution in [0.5, 0.6) is 0 Å². The summed E-state index contributed by atoms with van der Waals surface area (Å²) < 4.78 is 20.6. The van der Waals surface area contributed by atoms with Gasteiger partial charge in [0.2, 0.25) is 0 Å². The van der Waals surface area contributed by atoms with E-state index in [1.54, 1.807) is 12.1 Å². The first-order chi connectivity index (χ1) is 12.7. The number of nitrogens with zero attached hydrogens (tertiary/aromatic N) is 1. The van der Waals surface area contributed by atoms with Crippen LogP contribution >= 0.6 is 0 Å². The lowest BCUT2D eigenvalue weighted by Gasteiger charge is -2.07. The predicted octanol–water partition coefficient (Wildman–Crippen LogP) is 5.25. The summed E-state index contributed by atoms with van der Waals surface area (Å²) in [5.74, 6) is -0.689. The molecule has 0 saturated heterocycles. The first kappa shape index (κ1) is 16.3. The highest BCUT2D eigenvalue weighted by Crippen LogP contribution is 2.38. The van der Waals surface area contributed by atoms with Crippen LogP contribution in [0.4, 0.5) is 4.39 Å². The molecule has 0 N–H and O–H groups in total. The van der Waals surface area contributed by atoms with Gasteiger partial charge in [-0.05, 0) is 35.6 Å². The van der Waals surface area contributed by atoms with E-state index in [1.807, 2.05) is 47.9 Å². The summed E-state index contributed by atoms with van der Waals surface area (Å²) in [4.78, 5) is 12.7. The van der Waals surface area contributed by atoms with E-state index in [4.69, 9.17) is 4.74 Å². The van der Waals surface area contributed by atoms with E-state index in [1.165, 1.54) is 19.2 Å². The van der Waals surface area contributed by atoms with E-state index in [-0.39, 0.29) is 11.8 Å².